The van der Waals surface area contributed by atoms with Crippen molar-refractivity contribution < 1.29 is 48.0 Å². The van der Waals surface area contributed by atoms with Gasteiger partial charge in [0.05, 0.1) is 0 Å². The third-order valence-corrected chi connectivity index (χ3v) is 12.3. The molecule has 0 aliphatic heterocycles. The van der Waals surface area contributed by atoms with E-state index in [1.807, 2.05) is 11.1 Å². The molecule has 0 spiro atoms. The first-order valence-electron chi connectivity index (χ1n) is 12.0. The second kappa shape index (κ2) is 11.1. The van der Waals surface area contributed by atoms with E-state index in [1.165, 1.54) is 49.7 Å². The molecule has 0 N–H and O–H groups in total. The van der Waals surface area contributed by atoms with E-state index in [9.17, 15) is 0 Å². The van der Waals surface area contributed by atoms with Crippen LogP contribution in [0.15, 0.2) is 107 Å². The summed E-state index contributed by atoms with van der Waals surface area (Å²) in [5, 5.41) is 0. The van der Waals surface area contributed by atoms with E-state index in [1.54, 1.807) is 11.1 Å². The number of rotatable bonds is 4. The van der Waals surface area contributed by atoms with Gasteiger partial charge in [-0.25, -0.2) is 0 Å². The fourth-order valence-corrected chi connectivity index (χ4v) is 10.8. The Kier molecular flexibility index (Phi) is 8.38. The standard InChI is InChI=1S/2C15H15.2ClH.Zr/c2*1-2-5-12(6-3-1)15-10-9-13-7-4-8-14(13)11-15;;;/h2*1-8,15H,9-11H2;2*1H;/q;;;;+2/p-2. The van der Waals surface area contributed by atoms with Crippen molar-refractivity contribution in [3.63, 3.8) is 0 Å². The van der Waals surface area contributed by atoms with Gasteiger partial charge in [-0.2, -0.15) is 0 Å². The van der Waals surface area contributed by atoms with E-state index >= 15 is 0 Å². The van der Waals surface area contributed by atoms with Gasteiger partial charge in [0, 0.05) is 0 Å². The van der Waals surface area contributed by atoms with Gasteiger partial charge in [0.25, 0.3) is 0 Å². The van der Waals surface area contributed by atoms with Crippen LogP contribution in [0.3, 0.4) is 0 Å². The maximum atomic E-state index is 2.60. The molecule has 6 rings (SSSR count). The van der Waals surface area contributed by atoms with Crippen LogP contribution in [0.2, 0.25) is 7.25 Å². The summed E-state index contributed by atoms with van der Waals surface area (Å²) in [6.07, 6.45) is 18.1. The summed E-state index contributed by atoms with van der Waals surface area (Å²) in [5.41, 5.74) is 10.1. The van der Waals surface area contributed by atoms with Gasteiger partial charge >= 0.3 is 199 Å². The van der Waals surface area contributed by atoms with Crippen molar-refractivity contribution in [2.45, 2.75) is 57.6 Å². The predicted molar refractivity (Wildman–Crippen MR) is 126 cm³/mol. The van der Waals surface area contributed by atoms with Gasteiger partial charge in [0.2, 0.25) is 0 Å². The molecule has 2 aromatic carbocycles. The fraction of sp³-hybridized carbons (Fsp3) is 0.333. The van der Waals surface area contributed by atoms with E-state index in [-0.39, 0.29) is 24.8 Å². The summed E-state index contributed by atoms with van der Waals surface area (Å²) < 4.78 is 1.67. The minimum atomic E-state index is -0.553. The second-order valence-electron chi connectivity index (χ2n) is 9.64. The topological polar surface area (TPSA) is 0 Å². The van der Waals surface area contributed by atoms with E-state index in [2.05, 4.69) is 85.0 Å². The van der Waals surface area contributed by atoms with Gasteiger partial charge in [0.1, 0.15) is 0 Å². The summed E-state index contributed by atoms with van der Waals surface area (Å²) in [6.45, 7) is 0. The minimum absolute atomic E-state index is 0. The maximum absolute atomic E-state index is 2.60. The van der Waals surface area contributed by atoms with Gasteiger partial charge in [0.15, 0.2) is 0 Å². The molecule has 0 saturated carbocycles. The van der Waals surface area contributed by atoms with Crippen molar-refractivity contribution in [3.05, 3.63) is 118 Å². The SMILES string of the molecule is C1=C[CH]([Zr+2][CH]2C=CC3=C2CCC(c2ccccc2)C3)C2=C1CC(c1ccccc1)CC2.[Cl-].[Cl-]. The van der Waals surface area contributed by atoms with Crippen LogP contribution < -0.4 is 24.8 Å². The van der Waals surface area contributed by atoms with Crippen LogP contribution in [0.1, 0.15) is 61.5 Å². The van der Waals surface area contributed by atoms with Gasteiger partial charge in [-0.1, -0.05) is 0 Å². The summed E-state index contributed by atoms with van der Waals surface area (Å²) >= 11 is -0.553. The van der Waals surface area contributed by atoms with Gasteiger partial charge in [-0.05, 0) is 0 Å². The average Bonchev–Trinajstić information content (AvgIpc) is 3.44. The molecule has 0 bridgehead atoms. The predicted octanol–water partition coefficient (Wildman–Crippen LogP) is 2.32. The Hall–Kier alpha value is -1.14. The number of hydrogen-bond donors (Lipinski definition) is 0. The molecule has 4 aliphatic carbocycles. The van der Waals surface area contributed by atoms with E-state index in [4.69, 9.17) is 0 Å². The number of halogens is 2. The third kappa shape index (κ3) is 5.12. The number of benzene rings is 2. The molecule has 2 aromatic rings. The second-order valence-corrected chi connectivity index (χ2v) is 13.5. The van der Waals surface area contributed by atoms with Crippen molar-refractivity contribution in [1.82, 2.24) is 0 Å². The van der Waals surface area contributed by atoms with Crippen LogP contribution in [0.5, 0.6) is 0 Å². The normalized spacial score (nSPS) is 27.4. The molecule has 4 atom stereocenters. The van der Waals surface area contributed by atoms with Crippen LogP contribution >= 0.6 is 0 Å². The largest absolute Gasteiger partial charge is 1.00 e. The molecule has 0 amide bonds. The Labute approximate surface area is 222 Å². The fourth-order valence-electron chi connectivity index (χ4n) is 6.22. The van der Waals surface area contributed by atoms with Gasteiger partial charge in [-0.15, -0.1) is 0 Å². The van der Waals surface area contributed by atoms with Crippen LogP contribution in [0.25, 0.3) is 0 Å². The monoisotopic (exact) mass is 550 g/mol. The van der Waals surface area contributed by atoms with Crippen molar-refractivity contribution in [1.29, 1.82) is 0 Å². The Morgan fingerprint density at radius 3 is 1.42 bits per heavy atom. The average molecular weight is 553 g/mol. The molecule has 0 fully saturated rings. The summed E-state index contributed by atoms with van der Waals surface area (Å²) in [4.78, 5) is 0. The smallest absolute Gasteiger partial charge is 1.00 e. The molecular weight excluding hydrogens is 522 g/mol. The number of allylic oxidation sites excluding steroid dienone is 8. The van der Waals surface area contributed by atoms with Crippen LogP contribution in [0.4, 0.5) is 0 Å². The van der Waals surface area contributed by atoms with E-state index in [0.29, 0.717) is 0 Å². The molecule has 4 unspecified atom stereocenters. The summed E-state index contributed by atoms with van der Waals surface area (Å²) in [6, 6.07) is 22.4. The van der Waals surface area contributed by atoms with Crippen LogP contribution in [0, 0.1) is 0 Å². The van der Waals surface area contributed by atoms with Crippen molar-refractivity contribution in [2.75, 3.05) is 0 Å². The third-order valence-electron chi connectivity index (χ3n) is 7.91. The molecule has 0 aromatic heterocycles. The molecule has 4 aliphatic rings. The molecule has 0 heterocycles. The van der Waals surface area contributed by atoms with E-state index in [0.717, 1.165) is 19.1 Å². The van der Waals surface area contributed by atoms with Gasteiger partial charge in [-0.3, -0.25) is 0 Å². The molecule has 0 radical (unpaired) electrons. The maximum Gasteiger partial charge on any atom is -1.00 e. The first-order valence-corrected chi connectivity index (χ1v) is 14.8. The first-order chi connectivity index (χ1) is 15.3. The van der Waals surface area contributed by atoms with Crippen molar-refractivity contribution in [3.8, 4) is 0 Å². The first kappa shape index (κ1) is 25.0. The van der Waals surface area contributed by atoms with Crippen molar-refractivity contribution in [2.24, 2.45) is 0 Å². The quantitative estimate of drug-likeness (QED) is 0.547. The molecule has 33 heavy (non-hydrogen) atoms. The van der Waals surface area contributed by atoms with Gasteiger partial charge < -0.3 is 24.8 Å². The van der Waals surface area contributed by atoms with Crippen LogP contribution in [-0.2, 0) is 23.2 Å². The van der Waals surface area contributed by atoms with E-state index < -0.39 is 23.2 Å². The zero-order valence-electron chi connectivity index (χ0n) is 18.9. The minimum Gasteiger partial charge on any atom is -1.00 e. The molecule has 3 heteroatoms. The Bertz CT molecular complexity index is 993. The molecule has 0 nitrogen and oxygen atoms in total. The number of hydrogen-bond acceptors (Lipinski definition) is 0. The van der Waals surface area contributed by atoms with Crippen molar-refractivity contribution >= 4 is 0 Å². The molecule has 168 valence electrons. The Morgan fingerprint density at radius 2 is 1.00 bits per heavy atom. The zero-order valence-corrected chi connectivity index (χ0v) is 22.9. The molecular formula is C30H30Cl2Zr. The molecule has 0 saturated heterocycles. The zero-order chi connectivity index (χ0) is 20.6. The Balaban J connectivity index is 0.00000130. The summed E-state index contributed by atoms with van der Waals surface area (Å²) in [7, 11) is 0. The van der Waals surface area contributed by atoms with Crippen LogP contribution in [-0.4, -0.2) is 0 Å². The summed E-state index contributed by atoms with van der Waals surface area (Å²) in [5.74, 6) is 1.45. The Morgan fingerprint density at radius 1 is 0.576 bits per heavy atom.